The van der Waals surface area contributed by atoms with Gasteiger partial charge in [-0.15, -0.1) is 0 Å². The molecule has 186 valence electrons. The van der Waals surface area contributed by atoms with Gasteiger partial charge in [0.25, 0.3) is 0 Å². The topological polar surface area (TPSA) is 105 Å². The Labute approximate surface area is 206 Å². The smallest absolute Gasteiger partial charge is 0.407 e. The average molecular weight is 479 g/mol. The summed E-state index contributed by atoms with van der Waals surface area (Å²) < 4.78 is 5.67. The lowest BCUT2D eigenvalue weighted by molar-refractivity contribution is -0.143. The van der Waals surface area contributed by atoms with Crippen LogP contribution in [0.5, 0.6) is 0 Å². The summed E-state index contributed by atoms with van der Waals surface area (Å²) in [6, 6.07) is 15.9. The molecule has 0 heterocycles. The number of aliphatic carboxylic acids is 1. The Hall–Kier alpha value is -3.35. The van der Waals surface area contributed by atoms with Crippen LogP contribution in [0.1, 0.15) is 64.0 Å². The molecular formula is C28H34N2O5. The Morgan fingerprint density at radius 1 is 0.943 bits per heavy atom. The van der Waals surface area contributed by atoms with Crippen molar-refractivity contribution >= 4 is 18.0 Å². The van der Waals surface area contributed by atoms with Crippen molar-refractivity contribution in [2.24, 2.45) is 11.3 Å². The summed E-state index contributed by atoms with van der Waals surface area (Å²) >= 11 is 0. The molecule has 2 unspecified atom stereocenters. The van der Waals surface area contributed by atoms with Crippen LogP contribution in [0.2, 0.25) is 0 Å². The van der Waals surface area contributed by atoms with Gasteiger partial charge in [-0.25, -0.2) is 4.79 Å². The Morgan fingerprint density at radius 3 is 2.09 bits per heavy atom. The van der Waals surface area contributed by atoms with E-state index in [-0.39, 0.29) is 18.4 Å². The van der Waals surface area contributed by atoms with E-state index in [1.165, 1.54) is 0 Å². The summed E-state index contributed by atoms with van der Waals surface area (Å²) in [5.74, 6) is -1.81. The third-order valence-corrected chi connectivity index (χ3v) is 8.04. The molecule has 2 aliphatic carbocycles. The molecule has 2 aromatic carbocycles. The zero-order valence-electron chi connectivity index (χ0n) is 20.8. The molecule has 0 bridgehead atoms. The van der Waals surface area contributed by atoms with Gasteiger partial charge in [0.1, 0.15) is 6.61 Å². The zero-order chi connectivity index (χ0) is 25.4. The van der Waals surface area contributed by atoms with Gasteiger partial charge in [-0.2, -0.15) is 0 Å². The number of rotatable bonds is 7. The van der Waals surface area contributed by atoms with Crippen molar-refractivity contribution in [2.75, 3.05) is 6.61 Å². The second-order valence-corrected chi connectivity index (χ2v) is 10.7. The molecule has 0 radical (unpaired) electrons. The number of amides is 2. The minimum atomic E-state index is -1.01. The number of benzene rings is 2. The molecule has 7 nitrogen and oxygen atoms in total. The number of ether oxygens (including phenoxy) is 1. The number of fused-ring (bicyclic) bond motifs is 3. The molecule has 2 atom stereocenters. The largest absolute Gasteiger partial charge is 0.481 e. The fourth-order valence-electron chi connectivity index (χ4n) is 5.11. The first-order chi connectivity index (χ1) is 16.5. The molecule has 2 aliphatic rings. The van der Waals surface area contributed by atoms with Crippen LogP contribution in [-0.4, -0.2) is 41.3 Å². The maximum Gasteiger partial charge on any atom is 0.407 e. The number of hydrogen-bond acceptors (Lipinski definition) is 4. The highest BCUT2D eigenvalue weighted by atomic mass is 16.5. The molecule has 0 aliphatic heterocycles. The van der Waals surface area contributed by atoms with Crippen LogP contribution in [0.15, 0.2) is 48.5 Å². The van der Waals surface area contributed by atoms with Gasteiger partial charge in [-0.05, 0) is 62.8 Å². The van der Waals surface area contributed by atoms with E-state index in [0.29, 0.717) is 12.8 Å². The van der Waals surface area contributed by atoms with Crippen molar-refractivity contribution in [2.45, 2.75) is 64.5 Å². The lowest BCUT2D eigenvalue weighted by atomic mass is 9.73. The molecule has 1 saturated carbocycles. The third-order valence-electron chi connectivity index (χ3n) is 8.04. The second kappa shape index (κ2) is 9.36. The quantitative estimate of drug-likeness (QED) is 0.535. The highest BCUT2D eigenvalue weighted by Crippen LogP contribution is 2.44. The van der Waals surface area contributed by atoms with E-state index >= 15 is 0 Å². The fraction of sp³-hybridized carbons (Fsp3) is 0.464. The van der Waals surface area contributed by atoms with Crippen molar-refractivity contribution in [1.82, 2.24) is 10.6 Å². The number of carbonyl (C=O) groups excluding carboxylic acids is 2. The molecule has 2 aromatic rings. The van der Waals surface area contributed by atoms with E-state index in [4.69, 9.17) is 4.74 Å². The summed E-state index contributed by atoms with van der Waals surface area (Å²) in [6.07, 6.45) is 1.37. The molecule has 35 heavy (non-hydrogen) atoms. The maximum atomic E-state index is 13.2. The van der Waals surface area contributed by atoms with E-state index in [9.17, 15) is 19.5 Å². The highest BCUT2D eigenvalue weighted by molar-refractivity contribution is 5.85. The van der Waals surface area contributed by atoms with Crippen LogP contribution in [0, 0.1) is 11.3 Å². The van der Waals surface area contributed by atoms with E-state index in [0.717, 1.165) is 28.7 Å². The zero-order valence-corrected chi connectivity index (χ0v) is 20.8. The minimum absolute atomic E-state index is 0.0529. The van der Waals surface area contributed by atoms with E-state index < -0.39 is 35.0 Å². The standard InChI is InChI=1S/C28H34N2O5/c1-27(2,25(33)29-23-15-9-14-21(23)24(31)32)28(3,4)30-26(34)35-16-22-19-12-7-5-10-17(19)18-11-6-8-13-20(18)22/h5-8,10-13,21-23H,9,14-16H2,1-4H3,(H,29,33)(H,30,34)(H,31,32). The van der Waals surface area contributed by atoms with Crippen LogP contribution in [0.4, 0.5) is 4.79 Å². The summed E-state index contributed by atoms with van der Waals surface area (Å²) in [4.78, 5) is 37.5. The van der Waals surface area contributed by atoms with Crippen LogP contribution in [-0.2, 0) is 14.3 Å². The Kier molecular flexibility index (Phi) is 6.62. The monoisotopic (exact) mass is 478 g/mol. The summed E-state index contributed by atoms with van der Waals surface area (Å²) in [5.41, 5.74) is 2.61. The normalized spacial score (nSPS) is 19.5. The lowest BCUT2D eigenvalue weighted by Gasteiger charge is -2.41. The first-order valence-electron chi connectivity index (χ1n) is 12.2. The van der Waals surface area contributed by atoms with E-state index in [1.807, 2.05) is 24.3 Å². The third kappa shape index (κ3) is 4.64. The van der Waals surface area contributed by atoms with Crippen molar-refractivity contribution in [3.63, 3.8) is 0 Å². The average Bonchev–Trinajstić information content (AvgIpc) is 3.40. The van der Waals surface area contributed by atoms with Gasteiger partial charge in [-0.3, -0.25) is 9.59 Å². The molecule has 2 amide bonds. The van der Waals surface area contributed by atoms with Gasteiger partial charge in [0.05, 0.1) is 16.9 Å². The molecule has 3 N–H and O–H groups in total. The summed E-state index contributed by atoms with van der Waals surface area (Å²) in [7, 11) is 0. The van der Waals surface area contributed by atoms with Crippen LogP contribution in [0.25, 0.3) is 11.1 Å². The van der Waals surface area contributed by atoms with Gasteiger partial charge in [-0.1, -0.05) is 55.0 Å². The summed E-state index contributed by atoms with van der Waals surface area (Å²) in [5, 5.41) is 15.2. The number of carboxylic acids is 1. The maximum absolute atomic E-state index is 13.2. The first kappa shape index (κ1) is 24.8. The molecular weight excluding hydrogens is 444 g/mol. The van der Waals surface area contributed by atoms with E-state index in [2.05, 4.69) is 34.9 Å². The van der Waals surface area contributed by atoms with Crippen molar-refractivity contribution < 1.29 is 24.2 Å². The SMILES string of the molecule is CC(C)(NC(=O)OCC1c2ccccc2-c2ccccc21)C(C)(C)C(=O)NC1CCCC1C(=O)O. The van der Waals surface area contributed by atoms with E-state index in [1.54, 1.807) is 27.7 Å². The summed E-state index contributed by atoms with van der Waals surface area (Å²) in [6.45, 7) is 7.23. The van der Waals surface area contributed by atoms with Crippen molar-refractivity contribution in [3.05, 3.63) is 59.7 Å². The minimum Gasteiger partial charge on any atom is -0.481 e. The molecule has 1 fully saturated rings. The fourth-order valence-corrected chi connectivity index (χ4v) is 5.11. The molecule has 0 saturated heterocycles. The van der Waals surface area contributed by atoms with Gasteiger partial charge in [0, 0.05) is 12.0 Å². The number of nitrogens with one attached hydrogen (secondary N) is 2. The van der Waals surface area contributed by atoms with Gasteiger partial charge < -0.3 is 20.5 Å². The van der Waals surface area contributed by atoms with Gasteiger partial charge >= 0.3 is 12.1 Å². The Morgan fingerprint density at radius 2 is 1.51 bits per heavy atom. The van der Waals surface area contributed by atoms with Crippen LogP contribution in [0.3, 0.4) is 0 Å². The molecule has 7 heteroatoms. The number of carboxylic acid groups (broad SMARTS) is 1. The number of hydrogen-bond donors (Lipinski definition) is 3. The predicted octanol–water partition coefficient (Wildman–Crippen LogP) is 4.70. The van der Waals surface area contributed by atoms with Crippen molar-refractivity contribution in [3.8, 4) is 11.1 Å². The molecule has 0 aromatic heterocycles. The van der Waals surface area contributed by atoms with Crippen molar-refractivity contribution in [1.29, 1.82) is 0 Å². The predicted molar refractivity (Wildman–Crippen MR) is 133 cm³/mol. The highest BCUT2D eigenvalue weighted by Gasteiger charge is 2.46. The Bertz CT molecular complexity index is 1090. The first-order valence-corrected chi connectivity index (χ1v) is 12.2. The van der Waals surface area contributed by atoms with Gasteiger partial charge in [0.2, 0.25) is 5.91 Å². The Balaban J connectivity index is 1.40. The molecule has 4 rings (SSSR count). The number of carbonyl (C=O) groups is 3. The lowest BCUT2D eigenvalue weighted by Crippen LogP contribution is -2.61. The van der Waals surface area contributed by atoms with Gasteiger partial charge in [0.15, 0.2) is 0 Å². The second-order valence-electron chi connectivity index (χ2n) is 10.7. The number of alkyl carbamates (subject to hydrolysis) is 1. The molecule has 0 spiro atoms. The van der Waals surface area contributed by atoms with Crippen LogP contribution < -0.4 is 10.6 Å². The van der Waals surface area contributed by atoms with Crippen LogP contribution >= 0.6 is 0 Å².